The summed E-state index contributed by atoms with van der Waals surface area (Å²) in [4.78, 5) is 15.4. The second kappa shape index (κ2) is 6.00. The van der Waals surface area contributed by atoms with E-state index in [1.165, 1.54) is 42.6 Å². The molecule has 0 unspecified atom stereocenters. The molecule has 0 saturated heterocycles. The van der Waals surface area contributed by atoms with Gasteiger partial charge in [0.15, 0.2) is 5.13 Å². The van der Waals surface area contributed by atoms with Crippen molar-refractivity contribution in [3.63, 3.8) is 0 Å². The maximum absolute atomic E-state index is 10.9. The zero-order chi connectivity index (χ0) is 13.0. The summed E-state index contributed by atoms with van der Waals surface area (Å²) in [5.41, 5.74) is 2.10. The van der Waals surface area contributed by atoms with Gasteiger partial charge in [-0.1, -0.05) is 23.0 Å². The summed E-state index contributed by atoms with van der Waals surface area (Å²) in [6.45, 7) is 2.56. The predicted molar refractivity (Wildman–Crippen MR) is 73.5 cm³/mol. The van der Waals surface area contributed by atoms with E-state index in [0.29, 0.717) is 15.7 Å². The van der Waals surface area contributed by atoms with E-state index in [-0.39, 0.29) is 0 Å². The van der Waals surface area contributed by atoms with Crippen molar-refractivity contribution in [3.05, 3.63) is 22.2 Å². The number of hydrogen-bond acceptors (Lipinski definition) is 4. The summed E-state index contributed by atoms with van der Waals surface area (Å²) in [6, 6.07) is 0. The van der Waals surface area contributed by atoms with Crippen LogP contribution >= 0.6 is 11.3 Å². The van der Waals surface area contributed by atoms with Crippen molar-refractivity contribution in [2.45, 2.75) is 39.0 Å². The van der Waals surface area contributed by atoms with Crippen LogP contribution in [0.5, 0.6) is 0 Å². The molecule has 0 saturated carbocycles. The molecule has 0 amide bonds. The maximum atomic E-state index is 10.9. The van der Waals surface area contributed by atoms with E-state index in [0.717, 1.165) is 13.0 Å². The molecule has 0 radical (unpaired) electrons. The lowest BCUT2D eigenvalue weighted by atomic mass is 9.97. The minimum atomic E-state index is -0.895. The quantitative estimate of drug-likeness (QED) is 0.801. The molecule has 0 bridgehead atoms. The molecule has 0 atom stereocenters. The van der Waals surface area contributed by atoms with Crippen LogP contribution in [0.2, 0.25) is 0 Å². The van der Waals surface area contributed by atoms with Crippen LogP contribution in [0, 0.1) is 6.92 Å². The van der Waals surface area contributed by atoms with Gasteiger partial charge in [0.05, 0.1) is 5.69 Å². The highest BCUT2D eigenvalue weighted by atomic mass is 32.1. The fraction of sp³-hybridized carbons (Fsp3) is 0.538. The van der Waals surface area contributed by atoms with E-state index >= 15 is 0 Å². The Kier molecular flexibility index (Phi) is 4.36. The number of aromatic nitrogens is 1. The lowest BCUT2D eigenvalue weighted by Gasteiger charge is -2.12. The molecule has 0 aromatic carbocycles. The number of nitrogens with one attached hydrogen (secondary N) is 1. The van der Waals surface area contributed by atoms with E-state index in [9.17, 15) is 4.79 Å². The van der Waals surface area contributed by atoms with Gasteiger partial charge >= 0.3 is 5.97 Å². The molecule has 98 valence electrons. The minimum absolute atomic E-state index is 0.328. The molecule has 2 rings (SSSR count). The van der Waals surface area contributed by atoms with Gasteiger partial charge in [-0.05, 0) is 39.0 Å². The number of thiazole rings is 1. The molecule has 1 aliphatic carbocycles. The van der Waals surface area contributed by atoms with Gasteiger partial charge in [0, 0.05) is 6.54 Å². The Morgan fingerprint density at radius 3 is 3.00 bits per heavy atom. The molecular weight excluding hydrogens is 248 g/mol. The average molecular weight is 266 g/mol. The number of aryl methyl sites for hydroxylation is 1. The van der Waals surface area contributed by atoms with E-state index in [1.54, 1.807) is 6.92 Å². The first kappa shape index (κ1) is 13.1. The van der Waals surface area contributed by atoms with Gasteiger partial charge in [0.2, 0.25) is 0 Å². The molecule has 0 fully saturated rings. The first-order valence-electron chi connectivity index (χ1n) is 6.29. The largest absolute Gasteiger partial charge is 0.477 e. The van der Waals surface area contributed by atoms with Gasteiger partial charge in [0.1, 0.15) is 4.88 Å². The van der Waals surface area contributed by atoms with Crippen molar-refractivity contribution in [2.24, 2.45) is 0 Å². The molecule has 5 heteroatoms. The van der Waals surface area contributed by atoms with Crippen LogP contribution in [0.3, 0.4) is 0 Å². The first-order chi connectivity index (χ1) is 8.66. The van der Waals surface area contributed by atoms with E-state index in [4.69, 9.17) is 5.11 Å². The van der Waals surface area contributed by atoms with Gasteiger partial charge in [-0.15, -0.1) is 0 Å². The molecular formula is C13H18N2O2S. The second-order valence-electron chi connectivity index (χ2n) is 4.52. The Labute approximate surface area is 111 Å². The Balaban J connectivity index is 1.85. The summed E-state index contributed by atoms with van der Waals surface area (Å²) in [5, 5.41) is 12.9. The van der Waals surface area contributed by atoms with Gasteiger partial charge in [-0.2, -0.15) is 0 Å². The zero-order valence-corrected chi connectivity index (χ0v) is 11.3. The summed E-state index contributed by atoms with van der Waals surface area (Å²) < 4.78 is 0. The normalized spacial score (nSPS) is 15.3. The van der Waals surface area contributed by atoms with Crippen LogP contribution in [0.15, 0.2) is 11.6 Å². The van der Waals surface area contributed by atoms with Crippen LogP contribution in [-0.4, -0.2) is 22.6 Å². The third-order valence-electron chi connectivity index (χ3n) is 3.10. The van der Waals surface area contributed by atoms with Gasteiger partial charge in [0.25, 0.3) is 0 Å². The number of carboxylic acids is 1. The van der Waals surface area contributed by atoms with Gasteiger partial charge in [-0.25, -0.2) is 9.78 Å². The smallest absolute Gasteiger partial charge is 0.347 e. The van der Waals surface area contributed by atoms with E-state index in [1.807, 2.05) is 0 Å². The maximum Gasteiger partial charge on any atom is 0.347 e. The Bertz CT molecular complexity index is 466. The van der Waals surface area contributed by atoms with Crippen molar-refractivity contribution >= 4 is 22.4 Å². The Morgan fingerprint density at radius 1 is 1.56 bits per heavy atom. The van der Waals surface area contributed by atoms with Crippen LogP contribution in [-0.2, 0) is 0 Å². The summed E-state index contributed by atoms with van der Waals surface area (Å²) >= 11 is 1.21. The molecule has 4 nitrogen and oxygen atoms in total. The number of allylic oxidation sites excluding steroid dienone is 1. The van der Waals surface area contributed by atoms with Gasteiger partial charge < -0.3 is 10.4 Å². The minimum Gasteiger partial charge on any atom is -0.477 e. The standard InChI is InChI=1S/C13H18N2O2S/c1-9-11(12(16)17)18-13(15-9)14-8-7-10-5-3-2-4-6-10/h5H,2-4,6-8H2,1H3,(H,14,15)(H,16,17). The lowest BCUT2D eigenvalue weighted by Crippen LogP contribution is -2.04. The number of carbonyl (C=O) groups is 1. The van der Waals surface area contributed by atoms with Crippen molar-refractivity contribution in [3.8, 4) is 0 Å². The molecule has 18 heavy (non-hydrogen) atoms. The molecule has 0 aliphatic heterocycles. The van der Waals surface area contributed by atoms with E-state index in [2.05, 4.69) is 16.4 Å². The molecule has 0 spiro atoms. The number of anilines is 1. The third-order valence-corrected chi connectivity index (χ3v) is 4.20. The summed E-state index contributed by atoms with van der Waals surface area (Å²) in [6.07, 6.45) is 8.38. The monoisotopic (exact) mass is 266 g/mol. The molecule has 2 N–H and O–H groups in total. The van der Waals surface area contributed by atoms with Crippen molar-refractivity contribution in [1.82, 2.24) is 4.98 Å². The number of rotatable bonds is 5. The predicted octanol–water partition coefficient (Wildman–Crippen LogP) is 3.45. The highest BCUT2D eigenvalue weighted by molar-refractivity contribution is 7.17. The highest BCUT2D eigenvalue weighted by Gasteiger charge is 2.13. The van der Waals surface area contributed by atoms with Crippen LogP contribution in [0.4, 0.5) is 5.13 Å². The van der Waals surface area contributed by atoms with Crippen molar-refractivity contribution < 1.29 is 9.90 Å². The number of carboxylic acid groups (broad SMARTS) is 1. The zero-order valence-electron chi connectivity index (χ0n) is 10.5. The van der Waals surface area contributed by atoms with Crippen LogP contribution in [0.1, 0.15) is 47.5 Å². The molecule has 1 aromatic rings. The average Bonchev–Trinajstić information content (AvgIpc) is 2.72. The summed E-state index contributed by atoms with van der Waals surface area (Å²) in [5.74, 6) is -0.895. The first-order valence-corrected chi connectivity index (χ1v) is 7.11. The van der Waals surface area contributed by atoms with Crippen LogP contribution in [0.25, 0.3) is 0 Å². The van der Waals surface area contributed by atoms with Crippen molar-refractivity contribution in [1.29, 1.82) is 0 Å². The molecule has 1 aliphatic rings. The second-order valence-corrected chi connectivity index (χ2v) is 5.52. The van der Waals surface area contributed by atoms with E-state index < -0.39 is 5.97 Å². The lowest BCUT2D eigenvalue weighted by molar-refractivity contribution is 0.0701. The Morgan fingerprint density at radius 2 is 2.39 bits per heavy atom. The SMILES string of the molecule is Cc1nc(NCCC2=CCCCC2)sc1C(=O)O. The summed E-state index contributed by atoms with van der Waals surface area (Å²) in [7, 11) is 0. The number of aromatic carboxylic acids is 1. The third kappa shape index (κ3) is 3.32. The Hall–Kier alpha value is -1.36. The van der Waals surface area contributed by atoms with Gasteiger partial charge in [-0.3, -0.25) is 0 Å². The fourth-order valence-electron chi connectivity index (χ4n) is 2.13. The van der Waals surface area contributed by atoms with Crippen LogP contribution < -0.4 is 5.32 Å². The molecule has 1 aromatic heterocycles. The number of hydrogen-bond donors (Lipinski definition) is 2. The molecule has 1 heterocycles. The number of nitrogens with zero attached hydrogens (tertiary/aromatic N) is 1. The highest BCUT2D eigenvalue weighted by Crippen LogP contribution is 2.23. The topological polar surface area (TPSA) is 62.2 Å². The van der Waals surface area contributed by atoms with Crippen molar-refractivity contribution in [2.75, 3.05) is 11.9 Å². The fourth-order valence-corrected chi connectivity index (χ4v) is 2.96.